The van der Waals surface area contributed by atoms with Gasteiger partial charge in [-0.15, -0.1) is 0 Å². The van der Waals surface area contributed by atoms with Crippen LogP contribution in [0.5, 0.6) is 5.75 Å². The minimum atomic E-state index is -4.96. The van der Waals surface area contributed by atoms with Crippen molar-refractivity contribution in [1.82, 2.24) is 5.32 Å². The lowest BCUT2D eigenvalue weighted by atomic mass is 10.1. The largest absolute Gasteiger partial charge is 0.502 e. The summed E-state index contributed by atoms with van der Waals surface area (Å²) in [5, 5.41) is 21.3. The number of nitro benzene ring substituents is 1. The van der Waals surface area contributed by atoms with E-state index in [1.54, 1.807) is 5.32 Å². The average Bonchev–Trinajstić information content (AvgIpc) is 2.29. The highest BCUT2D eigenvalue weighted by atomic mass is 19.4. The van der Waals surface area contributed by atoms with E-state index in [1.165, 1.54) is 6.07 Å². The van der Waals surface area contributed by atoms with Gasteiger partial charge in [-0.05, 0) is 18.1 Å². The van der Waals surface area contributed by atoms with Crippen LogP contribution in [0.2, 0.25) is 0 Å². The van der Waals surface area contributed by atoms with Gasteiger partial charge in [0.1, 0.15) is 0 Å². The van der Waals surface area contributed by atoms with Gasteiger partial charge in [0.05, 0.1) is 4.92 Å². The zero-order chi connectivity index (χ0) is 14.6. The molecule has 0 aromatic heterocycles. The average molecular weight is 278 g/mol. The number of nitrogens with zero attached hydrogens (tertiary/aromatic N) is 1. The molecule has 104 valence electrons. The monoisotopic (exact) mass is 278 g/mol. The molecule has 0 heterocycles. The molecule has 1 amide bonds. The Hall–Kier alpha value is -2.32. The summed E-state index contributed by atoms with van der Waals surface area (Å²) in [4.78, 5) is 20.2. The molecule has 0 fully saturated rings. The van der Waals surface area contributed by atoms with Crippen LogP contribution in [-0.4, -0.2) is 28.7 Å². The molecule has 0 atom stereocenters. The van der Waals surface area contributed by atoms with Crippen molar-refractivity contribution in [2.75, 3.05) is 6.54 Å². The fraction of sp³-hybridized carbons (Fsp3) is 0.300. The number of benzene rings is 1. The number of alkyl halides is 3. The van der Waals surface area contributed by atoms with Crippen LogP contribution in [0.25, 0.3) is 0 Å². The number of carbonyl (C=O) groups is 1. The van der Waals surface area contributed by atoms with E-state index in [9.17, 15) is 28.1 Å². The van der Waals surface area contributed by atoms with Gasteiger partial charge in [0.25, 0.3) is 0 Å². The van der Waals surface area contributed by atoms with E-state index >= 15 is 0 Å². The van der Waals surface area contributed by atoms with E-state index in [1.807, 2.05) is 0 Å². The van der Waals surface area contributed by atoms with Crippen molar-refractivity contribution in [2.45, 2.75) is 12.6 Å². The van der Waals surface area contributed by atoms with Crippen LogP contribution in [0.15, 0.2) is 18.2 Å². The molecule has 0 aliphatic rings. The van der Waals surface area contributed by atoms with E-state index in [2.05, 4.69) is 0 Å². The van der Waals surface area contributed by atoms with Gasteiger partial charge >= 0.3 is 17.8 Å². The predicted octanol–water partition coefficient (Wildman–Crippen LogP) is 1.52. The molecule has 1 rings (SSSR count). The third-order valence-electron chi connectivity index (χ3n) is 2.19. The number of phenolic OH excluding ortho intramolecular Hbond substituents is 1. The Kier molecular flexibility index (Phi) is 4.30. The first-order chi connectivity index (χ1) is 8.71. The second-order valence-electron chi connectivity index (χ2n) is 3.58. The normalized spacial score (nSPS) is 11.1. The van der Waals surface area contributed by atoms with Gasteiger partial charge < -0.3 is 10.4 Å². The quantitative estimate of drug-likeness (QED) is 0.645. The molecule has 0 saturated heterocycles. The number of aromatic hydroxyl groups is 1. The van der Waals surface area contributed by atoms with Crippen LogP contribution in [0, 0.1) is 10.1 Å². The molecule has 6 nitrogen and oxygen atoms in total. The number of nitrogens with one attached hydrogen (secondary N) is 1. The maximum Gasteiger partial charge on any atom is 0.471 e. The molecule has 1 aromatic rings. The number of carbonyl (C=O) groups excluding carboxylic acids is 1. The van der Waals surface area contributed by atoms with Crippen molar-refractivity contribution in [3.8, 4) is 5.75 Å². The molecule has 0 aliphatic heterocycles. The van der Waals surface area contributed by atoms with Crippen LogP contribution in [0.1, 0.15) is 5.56 Å². The second kappa shape index (κ2) is 5.55. The van der Waals surface area contributed by atoms with E-state index in [4.69, 9.17) is 5.11 Å². The summed E-state index contributed by atoms with van der Waals surface area (Å²) in [6.45, 7) is -0.319. The Bertz CT molecular complexity index is 502. The van der Waals surface area contributed by atoms with Crippen LogP contribution < -0.4 is 5.32 Å². The van der Waals surface area contributed by atoms with E-state index in [-0.39, 0.29) is 13.0 Å². The highest BCUT2D eigenvalue weighted by Crippen LogP contribution is 2.26. The van der Waals surface area contributed by atoms with Crippen LogP contribution >= 0.6 is 0 Å². The standard InChI is InChI=1S/C10H9F3N2O4/c11-10(12,13)9(17)14-4-3-6-1-2-8(16)7(5-6)15(18)19/h1-2,5,16H,3-4H2,(H,14,17). The summed E-state index contributed by atoms with van der Waals surface area (Å²) >= 11 is 0. The third kappa shape index (κ3) is 4.12. The maximum atomic E-state index is 11.9. The summed E-state index contributed by atoms with van der Waals surface area (Å²) in [5.41, 5.74) is -0.216. The Morgan fingerprint density at radius 2 is 2.05 bits per heavy atom. The molecule has 19 heavy (non-hydrogen) atoms. The van der Waals surface area contributed by atoms with Gasteiger partial charge in [0.2, 0.25) is 0 Å². The fourth-order valence-corrected chi connectivity index (χ4v) is 1.29. The second-order valence-corrected chi connectivity index (χ2v) is 3.58. The first kappa shape index (κ1) is 14.7. The first-order valence-electron chi connectivity index (χ1n) is 5.03. The molecule has 1 aromatic carbocycles. The van der Waals surface area contributed by atoms with E-state index in [0.717, 1.165) is 12.1 Å². The molecule has 2 N–H and O–H groups in total. The van der Waals surface area contributed by atoms with Gasteiger partial charge in [-0.1, -0.05) is 6.07 Å². The molecule has 0 spiro atoms. The number of nitro groups is 1. The number of rotatable bonds is 4. The summed E-state index contributed by atoms with van der Waals surface area (Å²) in [5.74, 6) is -2.60. The summed E-state index contributed by atoms with van der Waals surface area (Å²) in [6, 6.07) is 3.43. The summed E-state index contributed by atoms with van der Waals surface area (Å²) in [7, 11) is 0. The minimum absolute atomic E-state index is 0.0249. The Morgan fingerprint density at radius 1 is 1.42 bits per heavy atom. The molecule has 0 aliphatic carbocycles. The fourth-order valence-electron chi connectivity index (χ4n) is 1.29. The topological polar surface area (TPSA) is 92.5 Å². The van der Waals surface area contributed by atoms with Crippen molar-refractivity contribution in [3.63, 3.8) is 0 Å². The highest BCUT2D eigenvalue weighted by Gasteiger charge is 2.38. The van der Waals surface area contributed by atoms with Crippen molar-refractivity contribution in [3.05, 3.63) is 33.9 Å². The number of amides is 1. The van der Waals surface area contributed by atoms with E-state index < -0.39 is 28.4 Å². The SMILES string of the molecule is O=C(NCCc1ccc(O)c([N+](=O)[O-])c1)C(F)(F)F. The highest BCUT2D eigenvalue weighted by molar-refractivity contribution is 5.81. The molecule has 0 saturated carbocycles. The molecule has 0 unspecified atom stereocenters. The zero-order valence-electron chi connectivity index (χ0n) is 9.40. The predicted molar refractivity (Wildman–Crippen MR) is 57.5 cm³/mol. The Labute approximate surface area is 105 Å². The van der Waals surface area contributed by atoms with Crippen molar-refractivity contribution >= 4 is 11.6 Å². The maximum absolute atomic E-state index is 11.9. The van der Waals surface area contributed by atoms with Crippen LogP contribution in [0.3, 0.4) is 0 Å². The molecular formula is C10H9F3N2O4. The molecule has 9 heteroatoms. The third-order valence-corrected chi connectivity index (χ3v) is 2.19. The first-order valence-corrected chi connectivity index (χ1v) is 5.03. The Morgan fingerprint density at radius 3 is 2.58 bits per heavy atom. The lowest BCUT2D eigenvalue weighted by Gasteiger charge is -2.07. The number of halogens is 3. The molecular weight excluding hydrogens is 269 g/mol. The summed E-state index contributed by atoms with van der Waals surface area (Å²) < 4.78 is 35.6. The minimum Gasteiger partial charge on any atom is -0.502 e. The van der Waals surface area contributed by atoms with Crippen molar-refractivity contribution in [2.24, 2.45) is 0 Å². The van der Waals surface area contributed by atoms with Crippen molar-refractivity contribution in [1.29, 1.82) is 0 Å². The molecule has 0 bridgehead atoms. The smallest absolute Gasteiger partial charge is 0.471 e. The Balaban J connectivity index is 2.62. The van der Waals surface area contributed by atoms with Crippen LogP contribution in [-0.2, 0) is 11.2 Å². The number of phenols is 1. The van der Waals surface area contributed by atoms with Gasteiger partial charge in [-0.2, -0.15) is 13.2 Å². The van der Waals surface area contributed by atoms with Gasteiger partial charge in [-0.3, -0.25) is 14.9 Å². The van der Waals surface area contributed by atoms with Gasteiger partial charge in [0.15, 0.2) is 5.75 Å². The zero-order valence-corrected chi connectivity index (χ0v) is 9.40. The number of hydrogen-bond donors (Lipinski definition) is 2. The van der Waals surface area contributed by atoms with Gasteiger partial charge in [0, 0.05) is 12.6 Å². The van der Waals surface area contributed by atoms with E-state index in [0.29, 0.717) is 5.56 Å². The number of hydrogen-bond acceptors (Lipinski definition) is 4. The lowest BCUT2D eigenvalue weighted by molar-refractivity contribution is -0.385. The lowest BCUT2D eigenvalue weighted by Crippen LogP contribution is -2.37. The summed E-state index contributed by atoms with van der Waals surface area (Å²) in [6.07, 6.45) is -4.98. The van der Waals surface area contributed by atoms with Crippen LogP contribution in [0.4, 0.5) is 18.9 Å². The molecule has 0 radical (unpaired) electrons. The van der Waals surface area contributed by atoms with Crippen molar-refractivity contribution < 1.29 is 28.0 Å². The van der Waals surface area contributed by atoms with Gasteiger partial charge in [-0.25, -0.2) is 0 Å².